The minimum atomic E-state index is -0.0798. The van der Waals surface area contributed by atoms with Crippen LogP contribution >= 0.6 is 0 Å². The summed E-state index contributed by atoms with van der Waals surface area (Å²) in [5.74, 6) is 1.22. The lowest BCUT2D eigenvalue weighted by Gasteiger charge is -2.24. The Morgan fingerprint density at radius 2 is 2.14 bits per heavy atom. The summed E-state index contributed by atoms with van der Waals surface area (Å²) in [6.45, 7) is 1.72. The predicted octanol–water partition coefficient (Wildman–Crippen LogP) is 1.74. The van der Waals surface area contributed by atoms with Crippen molar-refractivity contribution >= 4 is 11.6 Å². The molecule has 1 amide bonds. The second-order valence-electron chi connectivity index (χ2n) is 4.52. The molecule has 1 aliphatic rings. The van der Waals surface area contributed by atoms with Gasteiger partial charge in [-0.2, -0.15) is 5.26 Å². The number of hydrogen-bond donors (Lipinski definition) is 0. The first-order valence-corrected chi connectivity index (χ1v) is 6.82. The SMILES string of the molecule is COCCC(=O)N(CCC#N)c1ccc2c(c1)OCCO2. The van der Waals surface area contributed by atoms with Gasteiger partial charge >= 0.3 is 0 Å². The number of hydrogen-bond acceptors (Lipinski definition) is 5. The molecule has 0 bridgehead atoms. The third kappa shape index (κ3) is 3.86. The fraction of sp³-hybridized carbons (Fsp3) is 0.467. The Kier molecular flexibility index (Phi) is 5.41. The van der Waals surface area contributed by atoms with Crippen LogP contribution in [0.3, 0.4) is 0 Å². The van der Waals surface area contributed by atoms with E-state index in [4.69, 9.17) is 19.5 Å². The Morgan fingerprint density at radius 1 is 1.38 bits per heavy atom. The Hall–Kier alpha value is -2.26. The monoisotopic (exact) mass is 290 g/mol. The molecule has 0 saturated heterocycles. The maximum absolute atomic E-state index is 12.2. The van der Waals surface area contributed by atoms with Gasteiger partial charge in [0.25, 0.3) is 0 Å². The number of carbonyl (C=O) groups excluding carboxylic acids is 1. The molecule has 21 heavy (non-hydrogen) atoms. The van der Waals surface area contributed by atoms with Crippen LogP contribution < -0.4 is 14.4 Å². The molecular weight excluding hydrogens is 272 g/mol. The first kappa shape index (κ1) is 15.1. The standard InChI is InChI=1S/C15H18N2O4/c1-19-8-5-15(18)17(7-2-6-16)12-3-4-13-14(11-12)21-10-9-20-13/h3-4,11H,2,5,7-10H2,1H3. The van der Waals surface area contributed by atoms with Crippen molar-refractivity contribution in [1.29, 1.82) is 5.26 Å². The van der Waals surface area contributed by atoms with Crippen molar-refractivity contribution in [3.63, 3.8) is 0 Å². The van der Waals surface area contributed by atoms with Crippen molar-refractivity contribution in [3.05, 3.63) is 18.2 Å². The second-order valence-corrected chi connectivity index (χ2v) is 4.52. The number of fused-ring (bicyclic) bond motifs is 1. The highest BCUT2D eigenvalue weighted by Crippen LogP contribution is 2.34. The Bertz CT molecular complexity index is 539. The largest absolute Gasteiger partial charge is 0.486 e. The van der Waals surface area contributed by atoms with Crippen molar-refractivity contribution in [2.24, 2.45) is 0 Å². The Labute approximate surface area is 123 Å². The molecule has 0 aromatic heterocycles. The highest BCUT2D eigenvalue weighted by atomic mass is 16.6. The van der Waals surface area contributed by atoms with Crippen LogP contribution in [0.15, 0.2) is 18.2 Å². The number of rotatable bonds is 6. The summed E-state index contributed by atoms with van der Waals surface area (Å²) < 4.78 is 15.9. The highest BCUT2D eigenvalue weighted by Gasteiger charge is 2.19. The van der Waals surface area contributed by atoms with Gasteiger partial charge in [-0.1, -0.05) is 0 Å². The summed E-state index contributed by atoms with van der Waals surface area (Å²) in [5, 5.41) is 8.75. The number of ether oxygens (including phenoxy) is 3. The van der Waals surface area contributed by atoms with E-state index in [1.165, 1.54) is 0 Å². The van der Waals surface area contributed by atoms with Gasteiger partial charge < -0.3 is 19.1 Å². The zero-order chi connectivity index (χ0) is 15.1. The summed E-state index contributed by atoms with van der Waals surface area (Å²) in [6, 6.07) is 7.42. The summed E-state index contributed by atoms with van der Waals surface area (Å²) in [6.07, 6.45) is 0.545. The molecule has 6 nitrogen and oxygen atoms in total. The van der Waals surface area contributed by atoms with Gasteiger partial charge in [0.2, 0.25) is 5.91 Å². The Balaban J connectivity index is 2.19. The molecule has 1 heterocycles. The van der Waals surface area contributed by atoms with E-state index in [1.807, 2.05) is 0 Å². The number of nitrogens with zero attached hydrogens (tertiary/aromatic N) is 2. The quantitative estimate of drug-likeness (QED) is 0.798. The van der Waals surface area contributed by atoms with Crippen molar-refractivity contribution in [3.8, 4) is 17.6 Å². The number of anilines is 1. The molecule has 0 fully saturated rings. The van der Waals surface area contributed by atoms with E-state index in [0.29, 0.717) is 43.6 Å². The fourth-order valence-electron chi connectivity index (χ4n) is 2.08. The van der Waals surface area contributed by atoms with E-state index in [-0.39, 0.29) is 18.7 Å². The highest BCUT2D eigenvalue weighted by molar-refractivity contribution is 5.93. The van der Waals surface area contributed by atoms with Gasteiger partial charge in [0.1, 0.15) is 13.2 Å². The van der Waals surface area contributed by atoms with Crippen LogP contribution in [0.1, 0.15) is 12.8 Å². The lowest BCUT2D eigenvalue weighted by molar-refractivity contribution is -0.119. The minimum absolute atomic E-state index is 0.0798. The van der Waals surface area contributed by atoms with E-state index in [9.17, 15) is 4.79 Å². The number of benzene rings is 1. The number of methoxy groups -OCH3 is 1. The fourth-order valence-corrected chi connectivity index (χ4v) is 2.08. The van der Waals surface area contributed by atoms with Gasteiger partial charge in [0, 0.05) is 25.4 Å². The van der Waals surface area contributed by atoms with Crippen LogP contribution in [0.25, 0.3) is 0 Å². The zero-order valence-corrected chi connectivity index (χ0v) is 12.0. The van der Waals surface area contributed by atoms with Crippen LogP contribution in [-0.2, 0) is 9.53 Å². The molecule has 1 aromatic rings. The van der Waals surface area contributed by atoms with Crippen molar-refractivity contribution in [2.75, 3.05) is 38.4 Å². The molecular formula is C15H18N2O4. The average molecular weight is 290 g/mol. The predicted molar refractivity (Wildman–Crippen MR) is 76.5 cm³/mol. The smallest absolute Gasteiger partial charge is 0.229 e. The van der Waals surface area contributed by atoms with Gasteiger partial charge in [-0.25, -0.2) is 0 Å². The molecule has 0 unspecified atom stereocenters. The number of amides is 1. The van der Waals surface area contributed by atoms with Crippen LogP contribution in [0.5, 0.6) is 11.5 Å². The van der Waals surface area contributed by atoms with E-state index in [0.717, 1.165) is 0 Å². The summed E-state index contributed by atoms with van der Waals surface area (Å²) >= 11 is 0. The van der Waals surface area contributed by atoms with Crippen molar-refractivity contribution < 1.29 is 19.0 Å². The van der Waals surface area contributed by atoms with Crippen LogP contribution in [0.4, 0.5) is 5.69 Å². The lowest BCUT2D eigenvalue weighted by atomic mass is 10.2. The van der Waals surface area contributed by atoms with Crippen LogP contribution in [0.2, 0.25) is 0 Å². The molecule has 0 radical (unpaired) electrons. The van der Waals surface area contributed by atoms with Crippen LogP contribution in [0, 0.1) is 11.3 Å². The molecule has 0 spiro atoms. The van der Waals surface area contributed by atoms with Crippen molar-refractivity contribution in [2.45, 2.75) is 12.8 Å². The van der Waals surface area contributed by atoms with E-state index >= 15 is 0 Å². The normalized spacial score (nSPS) is 12.6. The molecule has 0 N–H and O–H groups in total. The topological polar surface area (TPSA) is 71.8 Å². The van der Waals surface area contributed by atoms with Crippen molar-refractivity contribution in [1.82, 2.24) is 0 Å². The molecule has 1 aromatic carbocycles. The molecule has 0 atom stereocenters. The Morgan fingerprint density at radius 3 is 2.86 bits per heavy atom. The molecule has 0 saturated carbocycles. The minimum Gasteiger partial charge on any atom is -0.486 e. The van der Waals surface area contributed by atoms with E-state index < -0.39 is 0 Å². The third-order valence-corrected chi connectivity index (χ3v) is 3.11. The second kappa shape index (κ2) is 7.50. The summed E-state index contributed by atoms with van der Waals surface area (Å²) in [4.78, 5) is 13.8. The summed E-state index contributed by atoms with van der Waals surface area (Å²) in [5.41, 5.74) is 0.704. The average Bonchev–Trinajstić information content (AvgIpc) is 2.53. The zero-order valence-electron chi connectivity index (χ0n) is 12.0. The number of carbonyl (C=O) groups is 1. The first-order valence-electron chi connectivity index (χ1n) is 6.82. The van der Waals surface area contributed by atoms with Gasteiger partial charge in [0.15, 0.2) is 11.5 Å². The lowest BCUT2D eigenvalue weighted by Crippen LogP contribution is -2.32. The molecule has 6 heteroatoms. The molecule has 2 rings (SSSR count). The molecule has 0 aliphatic carbocycles. The van der Waals surface area contributed by atoms with Gasteiger partial charge in [-0.3, -0.25) is 4.79 Å². The van der Waals surface area contributed by atoms with E-state index in [1.54, 1.807) is 30.2 Å². The van der Waals surface area contributed by atoms with E-state index in [2.05, 4.69) is 6.07 Å². The van der Waals surface area contributed by atoms with Gasteiger partial charge in [-0.15, -0.1) is 0 Å². The number of nitriles is 1. The third-order valence-electron chi connectivity index (χ3n) is 3.11. The van der Waals surface area contributed by atoms with Crippen LogP contribution in [-0.4, -0.2) is 39.4 Å². The first-order chi connectivity index (χ1) is 10.3. The maximum Gasteiger partial charge on any atom is 0.229 e. The maximum atomic E-state index is 12.2. The summed E-state index contributed by atoms with van der Waals surface area (Å²) in [7, 11) is 1.55. The molecule has 112 valence electrons. The molecule has 1 aliphatic heterocycles. The van der Waals surface area contributed by atoms with Gasteiger partial charge in [-0.05, 0) is 12.1 Å². The van der Waals surface area contributed by atoms with Gasteiger partial charge in [0.05, 0.1) is 25.5 Å².